The van der Waals surface area contributed by atoms with Gasteiger partial charge in [-0.1, -0.05) is 12.2 Å². The molecular weight excluding hydrogens is 182 g/mol. The molecule has 1 aromatic heterocycles. The van der Waals surface area contributed by atoms with Gasteiger partial charge in [0, 0.05) is 5.69 Å². The summed E-state index contributed by atoms with van der Waals surface area (Å²) >= 11 is 4.88. The molecule has 3 nitrogen and oxygen atoms in total. The normalized spacial score (nSPS) is 15.4. The number of aryl methyl sites for hydroxylation is 1. The van der Waals surface area contributed by atoms with Crippen LogP contribution in [0.2, 0.25) is 0 Å². The molecule has 4 heteroatoms. The number of fused-ring (bicyclic) bond motifs is 1. The van der Waals surface area contributed by atoms with Crippen LogP contribution < -0.4 is 5.73 Å². The van der Waals surface area contributed by atoms with Crippen LogP contribution in [0.4, 0.5) is 0 Å². The SMILES string of the molecule is NC(=S)Cn1cnc2c1CCCC2. The van der Waals surface area contributed by atoms with Crippen molar-refractivity contribution >= 4 is 17.2 Å². The topological polar surface area (TPSA) is 43.8 Å². The van der Waals surface area contributed by atoms with Gasteiger partial charge in [0.15, 0.2) is 0 Å². The van der Waals surface area contributed by atoms with Crippen molar-refractivity contribution in [3.8, 4) is 0 Å². The Balaban J connectivity index is 2.26. The number of hydrogen-bond acceptors (Lipinski definition) is 2. The quantitative estimate of drug-likeness (QED) is 0.717. The summed E-state index contributed by atoms with van der Waals surface area (Å²) in [5, 5.41) is 0. The fourth-order valence-corrected chi connectivity index (χ4v) is 1.97. The highest BCUT2D eigenvalue weighted by molar-refractivity contribution is 7.80. The Morgan fingerprint density at radius 1 is 1.54 bits per heavy atom. The molecule has 0 unspecified atom stereocenters. The third-order valence-corrected chi connectivity index (χ3v) is 2.57. The zero-order valence-corrected chi connectivity index (χ0v) is 8.31. The van der Waals surface area contributed by atoms with Gasteiger partial charge in [-0.15, -0.1) is 0 Å². The third-order valence-electron chi connectivity index (χ3n) is 2.44. The van der Waals surface area contributed by atoms with Crippen LogP contribution in [0, 0.1) is 0 Å². The summed E-state index contributed by atoms with van der Waals surface area (Å²) in [6, 6.07) is 0. The van der Waals surface area contributed by atoms with E-state index in [1.807, 2.05) is 6.33 Å². The number of nitrogens with two attached hydrogens (primary N) is 1. The molecule has 0 spiro atoms. The Kier molecular flexibility index (Phi) is 2.31. The lowest BCUT2D eigenvalue weighted by atomic mass is 10.0. The van der Waals surface area contributed by atoms with Gasteiger partial charge < -0.3 is 10.3 Å². The van der Waals surface area contributed by atoms with Gasteiger partial charge in [-0.05, 0) is 25.7 Å². The molecule has 0 aromatic carbocycles. The highest BCUT2D eigenvalue weighted by atomic mass is 32.1. The molecule has 0 saturated carbocycles. The second-order valence-electron chi connectivity index (χ2n) is 3.44. The summed E-state index contributed by atoms with van der Waals surface area (Å²) in [7, 11) is 0. The van der Waals surface area contributed by atoms with E-state index in [1.54, 1.807) is 0 Å². The Bertz CT molecular complexity index is 330. The first-order valence-corrected chi connectivity index (χ1v) is 4.99. The van der Waals surface area contributed by atoms with Crippen molar-refractivity contribution in [2.24, 2.45) is 5.73 Å². The van der Waals surface area contributed by atoms with E-state index in [4.69, 9.17) is 18.0 Å². The number of imidazole rings is 1. The molecule has 0 radical (unpaired) electrons. The summed E-state index contributed by atoms with van der Waals surface area (Å²) < 4.78 is 2.08. The average Bonchev–Trinajstić information content (AvgIpc) is 2.48. The van der Waals surface area contributed by atoms with Gasteiger partial charge in [0.2, 0.25) is 0 Å². The van der Waals surface area contributed by atoms with Gasteiger partial charge in [0.05, 0.1) is 23.6 Å². The highest BCUT2D eigenvalue weighted by Gasteiger charge is 2.14. The number of hydrogen-bond donors (Lipinski definition) is 1. The molecule has 1 heterocycles. The summed E-state index contributed by atoms with van der Waals surface area (Å²) in [6.07, 6.45) is 6.61. The average molecular weight is 195 g/mol. The maximum absolute atomic E-state index is 5.50. The van der Waals surface area contributed by atoms with Crippen LogP contribution in [-0.4, -0.2) is 14.5 Å². The standard InChI is InChI=1S/C9H13N3S/c10-9(13)5-12-6-11-7-3-1-2-4-8(7)12/h6H,1-5H2,(H2,10,13). The van der Waals surface area contributed by atoms with E-state index in [2.05, 4.69) is 9.55 Å². The van der Waals surface area contributed by atoms with Crippen LogP contribution in [-0.2, 0) is 19.4 Å². The molecule has 13 heavy (non-hydrogen) atoms. The molecule has 1 aromatic rings. The number of aromatic nitrogens is 2. The predicted octanol–water partition coefficient (Wildman–Crippen LogP) is 1.05. The maximum atomic E-state index is 5.50. The van der Waals surface area contributed by atoms with Gasteiger partial charge in [-0.25, -0.2) is 4.98 Å². The molecule has 0 bridgehead atoms. The van der Waals surface area contributed by atoms with Crippen LogP contribution in [0.1, 0.15) is 24.2 Å². The Morgan fingerprint density at radius 2 is 2.31 bits per heavy atom. The summed E-state index contributed by atoms with van der Waals surface area (Å²) in [5.41, 5.74) is 8.07. The lowest BCUT2D eigenvalue weighted by Crippen LogP contribution is -2.18. The van der Waals surface area contributed by atoms with Crippen molar-refractivity contribution in [2.45, 2.75) is 32.2 Å². The lowest BCUT2D eigenvalue weighted by Gasteiger charge is -2.13. The molecule has 0 fully saturated rings. The maximum Gasteiger partial charge on any atom is 0.0955 e. The van der Waals surface area contributed by atoms with E-state index in [0.29, 0.717) is 11.5 Å². The third kappa shape index (κ3) is 1.72. The van der Waals surface area contributed by atoms with Crippen molar-refractivity contribution in [3.63, 3.8) is 0 Å². The zero-order valence-electron chi connectivity index (χ0n) is 7.49. The zero-order chi connectivity index (χ0) is 9.26. The van der Waals surface area contributed by atoms with Crippen molar-refractivity contribution in [3.05, 3.63) is 17.7 Å². The molecule has 2 rings (SSSR count). The molecule has 70 valence electrons. The van der Waals surface area contributed by atoms with Crippen molar-refractivity contribution in [2.75, 3.05) is 0 Å². The highest BCUT2D eigenvalue weighted by Crippen LogP contribution is 2.19. The fourth-order valence-electron chi connectivity index (χ4n) is 1.84. The van der Waals surface area contributed by atoms with Crippen LogP contribution in [0.15, 0.2) is 6.33 Å². The second-order valence-corrected chi connectivity index (χ2v) is 3.96. The first-order valence-electron chi connectivity index (χ1n) is 4.58. The first kappa shape index (κ1) is 8.69. The lowest BCUT2D eigenvalue weighted by molar-refractivity contribution is 0.637. The summed E-state index contributed by atoms with van der Waals surface area (Å²) in [4.78, 5) is 4.89. The van der Waals surface area contributed by atoms with Gasteiger partial charge >= 0.3 is 0 Å². The van der Waals surface area contributed by atoms with Crippen molar-refractivity contribution in [1.29, 1.82) is 0 Å². The van der Waals surface area contributed by atoms with E-state index in [-0.39, 0.29) is 0 Å². The Labute approximate surface area is 83.0 Å². The predicted molar refractivity (Wildman–Crippen MR) is 55.7 cm³/mol. The van der Waals surface area contributed by atoms with Gasteiger partial charge in [0.25, 0.3) is 0 Å². The van der Waals surface area contributed by atoms with Gasteiger partial charge in [-0.2, -0.15) is 0 Å². The number of thiocarbonyl (C=S) groups is 1. The van der Waals surface area contributed by atoms with Crippen molar-refractivity contribution < 1.29 is 0 Å². The number of nitrogens with zero attached hydrogens (tertiary/aromatic N) is 2. The largest absolute Gasteiger partial charge is 0.392 e. The first-order chi connectivity index (χ1) is 6.27. The minimum atomic E-state index is 0.533. The Hall–Kier alpha value is -0.900. The van der Waals surface area contributed by atoms with E-state index < -0.39 is 0 Å². The van der Waals surface area contributed by atoms with Crippen LogP contribution in [0.5, 0.6) is 0 Å². The minimum absolute atomic E-state index is 0.533. The van der Waals surface area contributed by atoms with Crippen molar-refractivity contribution in [1.82, 2.24) is 9.55 Å². The Morgan fingerprint density at radius 3 is 3.08 bits per heavy atom. The molecule has 0 atom stereocenters. The van der Waals surface area contributed by atoms with Crippen LogP contribution >= 0.6 is 12.2 Å². The van der Waals surface area contributed by atoms with Gasteiger partial charge in [-0.3, -0.25) is 0 Å². The summed E-state index contributed by atoms with van der Waals surface area (Å²) in [5.74, 6) is 0. The molecule has 1 aliphatic carbocycles. The fraction of sp³-hybridized carbons (Fsp3) is 0.556. The van der Waals surface area contributed by atoms with Crippen LogP contribution in [0.3, 0.4) is 0 Å². The molecular formula is C9H13N3S. The van der Waals surface area contributed by atoms with Crippen LogP contribution in [0.25, 0.3) is 0 Å². The molecule has 0 amide bonds. The van der Waals surface area contributed by atoms with E-state index in [0.717, 1.165) is 12.8 Å². The monoisotopic (exact) mass is 195 g/mol. The number of rotatable bonds is 2. The molecule has 1 aliphatic rings. The second kappa shape index (κ2) is 3.46. The van der Waals surface area contributed by atoms with E-state index in [1.165, 1.54) is 24.2 Å². The molecule has 2 N–H and O–H groups in total. The minimum Gasteiger partial charge on any atom is -0.392 e. The molecule has 0 aliphatic heterocycles. The van der Waals surface area contributed by atoms with E-state index >= 15 is 0 Å². The van der Waals surface area contributed by atoms with E-state index in [9.17, 15) is 0 Å². The van der Waals surface area contributed by atoms with Gasteiger partial charge in [0.1, 0.15) is 0 Å². The molecule has 0 saturated heterocycles. The smallest absolute Gasteiger partial charge is 0.0955 e. The summed E-state index contributed by atoms with van der Waals surface area (Å²) in [6.45, 7) is 0.637.